The lowest BCUT2D eigenvalue weighted by molar-refractivity contribution is -0.148. The Kier molecular flexibility index (Phi) is 5.81. The Morgan fingerprint density at radius 3 is 2.62 bits per heavy atom. The lowest BCUT2D eigenvalue weighted by atomic mass is 10.1. The molecule has 2 heterocycles. The number of halogens is 1. The highest BCUT2D eigenvalue weighted by Gasteiger charge is 2.41. The van der Waals surface area contributed by atoms with Crippen LogP contribution < -0.4 is 0 Å². The average Bonchev–Trinajstić information content (AvgIpc) is 3.25. The highest BCUT2D eigenvalue weighted by Crippen LogP contribution is 2.35. The topological polar surface area (TPSA) is 114 Å². The summed E-state index contributed by atoms with van der Waals surface area (Å²) in [5.41, 5.74) is 0.516. The fraction of sp³-hybridized carbons (Fsp3) is 0.158. The third-order valence-electron chi connectivity index (χ3n) is 4.14. The first-order valence-corrected chi connectivity index (χ1v) is 9.40. The van der Waals surface area contributed by atoms with Gasteiger partial charge in [-0.1, -0.05) is 17.7 Å². The van der Waals surface area contributed by atoms with Gasteiger partial charge in [-0.05, 0) is 43.0 Å². The number of furan rings is 1. The van der Waals surface area contributed by atoms with E-state index in [-0.39, 0.29) is 15.5 Å². The van der Waals surface area contributed by atoms with Crippen molar-refractivity contribution in [3.8, 4) is 11.3 Å². The molecule has 0 aliphatic carbocycles. The number of methoxy groups -OCH3 is 1. The number of aromatic carboxylic acids is 1. The van der Waals surface area contributed by atoms with Gasteiger partial charge < -0.3 is 14.3 Å². The predicted octanol–water partition coefficient (Wildman–Crippen LogP) is 3.90. The zero-order valence-corrected chi connectivity index (χ0v) is 16.7. The summed E-state index contributed by atoms with van der Waals surface area (Å²) in [5, 5.41) is 8.52. The molecule has 0 saturated carbocycles. The monoisotopic (exact) mass is 435 g/mol. The van der Waals surface area contributed by atoms with Gasteiger partial charge in [0.05, 0.1) is 22.6 Å². The van der Waals surface area contributed by atoms with Crippen molar-refractivity contribution in [3.63, 3.8) is 0 Å². The second kappa shape index (κ2) is 8.14. The van der Waals surface area contributed by atoms with E-state index in [1.54, 1.807) is 18.2 Å². The van der Waals surface area contributed by atoms with Crippen LogP contribution in [-0.2, 0) is 14.3 Å². The molecule has 10 heteroatoms. The number of rotatable bonds is 5. The number of amides is 2. The van der Waals surface area contributed by atoms with E-state index in [9.17, 15) is 19.2 Å². The van der Waals surface area contributed by atoms with Crippen LogP contribution in [-0.4, -0.2) is 46.2 Å². The molecule has 1 atom stereocenters. The van der Waals surface area contributed by atoms with Crippen molar-refractivity contribution in [2.75, 3.05) is 7.11 Å². The van der Waals surface area contributed by atoms with Crippen molar-refractivity contribution in [1.29, 1.82) is 0 Å². The van der Waals surface area contributed by atoms with E-state index in [0.29, 0.717) is 28.8 Å². The molecule has 1 aliphatic rings. The Bertz CT molecular complexity index is 1060. The lowest BCUT2D eigenvalue weighted by Gasteiger charge is -2.18. The number of hydrogen-bond acceptors (Lipinski definition) is 7. The molecule has 1 saturated heterocycles. The quantitative estimate of drug-likeness (QED) is 0.555. The molecule has 0 bridgehead atoms. The fourth-order valence-corrected chi connectivity index (χ4v) is 3.80. The van der Waals surface area contributed by atoms with Gasteiger partial charge in [-0.15, -0.1) is 0 Å². The molecule has 8 nitrogen and oxygen atoms in total. The van der Waals surface area contributed by atoms with Crippen LogP contribution in [0.5, 0.6) is 0 Å². The van der Waals surface area contributed by atoms with Crippen LogP contribution in [0.3, 0.4) is 0 Å². The van der Waals surface area contributed by atoms with E-state index in [1.807, 2.05) is 0 Å². The van der Waals surface area contributed by atoms with E-state index in [4.69, 9.17) is 21.1 Å². The molecular weight excluding hydrogens is 422 g/mol. The zero-order chi connectivity index (χ0) is 21.3. The first kappa shape index (κ1) is 20.7. The highest BCUT2D eigenvalue weighted by atomic mass is 35.5. The number of thioether (sulfide) groups is 1. The van der Waals surface area contributed by atoms with E-state index in [0.717, 1.165) is 4.90 Å². The van der Waals surface area contributed by atoms with Crippen LogP contribution >= 0.6 is 23.4 Å². The van der Waals surface area contributed by atoms with Crippen LogP contribution in [0.15, 0.2) is 39.7 Å². The third-order valence-corrected chi connectivity index (χ3v) is 5.33. The van der Waals surface area contributed by atoms with Gasteiger partial charge in [0.1, 0.15) is 17.6 Å². The molecule has 29 heavy (non-hydrogen) atoms. The molecular formula is C19H14ClNO7S. The minimum atomic E-state index is -1.14. The number of imide groups is 1. The van der Waals surface area contributed by atoms with E-state index >= 15 is 0 Å². The number of benzene rings is 1. The number of carbonyl (C=O) groups excluding carboxylic acids is 3. The van der Waals surface area contributed by atoms with Gasteiger partial charge in [0.25, 0.3) is 11.1 Å². The molecule has 150 valence electrons. The molecule has 2 aromatic rings. The van der Waals surface area contributed by atoms with Crippen LogP contribution in [0.25, 0.3) is 17.4 Å². The van der Waals surface area contributed by atoms with Gasteiger partial charge in [-0.3, -0.25) is 14.5 Å². The SMILES string of the molecule is COC(=O)C(C)N1C(=O)SC(=Cc2ccc(-c3ccc(C(=O)O)c(Cl)c3)o2)C1=O. The molecule has 1 N–H and O–H groups in total. The Labute approximate surface area is 174 Å². The van der Waals surface area contributed by atoms with Crippen molar-refractivity contribution < 1.29 is 33.4 Å². The lowest BCUT2D eigenvalue weighted by Crippen LogP contribution is -2.42. The normalized spacial score (nSPS) is 16.4. The largest absolute Gasteiger partial charge is 0.478 e. The van der Waals surface area contributed by atoms with E-state index in [1.165, 1.54) is 32.2 Å². The van der Waals surface area contributed by atoms with Gasteiger partial charge in [0.15, 0.2) is 0 Å². The average molecular weight is 436 g/mol. The fourth-order valence-electron chi connectivity index (χ4n) is 2.65. The standard InChI is InChI=1S/C19H14ClNO7S/c1-9(18(25)27-2)21-16(22)15(29-19(21)26)8-11-4-6-14(28-11)10-3-5-12(17(23)24)13(20)7-10/h3-9H,1-2H3,(H,23,24). The summed E-state index contributed by atoms with van der Waals surface area (Å²) in [5.74, 6) is -1.76. The zero-order valence-electron chi connectivity index (χ0n) is 15.2. The molecule has 1 aromatic heterocycles. The molecule has 0 radical (unpaired) electrons. The minimum Gasteiger partial charge on any atom is -0.478 e. The van der Waals surface area contributed by atoms with Gasteiger partial charge >= 0.3 is 11.9 Å². The molecule has 1 aliphatic heterocycles. The Morgan fingerprint density at radius 2 is 2.00 bits per heavy atom. The molecule has 2 amide bonds. The van der Waals surface area contributed by atoms with Crippen molar-refractivity contribution in [2.24, 2.45) is 0 Å². The van der Waals surface area contributed by atoms with Gasteiger partial charge in [-0.25, -0.2) is 9.59 Å². The van der Waals surface area contributed by atoms with Crippen molar-refractivity contribution in [1.82, 2.24) is 4.90 Å². The summed E-state index contributed by atoms with van der Waals surface area (Å²) in [6.07, 6.45) is 1.39. The number of esters is 1. The van der Waals surface area contributed by atoms with Crippen molar-refractivity contribution >= 4 is 52.5 Å². The second-order valence-corrected chi connectivity index (χ2v) is 7.35. The summed E-state index contributed by atoms with van der Waals surface area (Å²) >= 11 is 6.66. The molecule has 1 fully saturated rings. The smallest absolute Gasteiger partial charge is 0.337 e. The van der Waals surface area contributed by atoms with E-state index < -0.39 is 29.1 Å². The highest BCUT2D eigenvalue weighted by molar-refractivity contribution is 8.18. The first-order valence-electron chi connectivity index (χ1n) is 8.21. The summed E-state index contributed by atoms with van der Waals surface area (Å²) in [6.45, 7) is 1.40. The molecule has 1 unspecified atom stereocenters. The number of carboxylic acid groups (broad SMARTS) is 1. The van der Waals surface area contributed by atoms with Gasteiger partial charge in [0.2, 0.25) is 0 Å². The number of carbonyl (C=O) groups is 4. The summed E-state index contributed by atoms with van der Waals surface area (Å²) < 4.78 is 10.2. The molecule has 1 aromatic carbocycles. The first-order chi connectivity index (χ1) is 13.7. The Balaban J connectivity index is 1.84. The van der Waals surface area contributed by atoms with Crippen LogP contribution in [0.4, 0.5) is 4.79 Å². The molecule has 0 spiro atoms. The summed E-state index contributed by atoms with van der Waals surface area (Å²) in [4.78, 5) is 48.3. The predicted molar refractivity (Wildman–Crippen MR) is 105 cm³/mol. The maximum atomic E-state index is 12.5. The second-order valence-electron chi connectivity index (χ2n) is 5.95. The summed E-state index contributed by atoms with van der Waals surface area (Å²) in [6, 6.07) is 6.54. The maximum absolute atomic E-state index is 12.5. The number of carboxylic acids is 1. The number of hydrogen-bond donors (Lipinski definition) is 1. The van der Waals surface area contributed by atoms with Crippen LogP contribution in [0.2, 0.25) is 5.02 Å². The number of ether oxygens (including phenoxy) is 1. The van der Waals surface area contributed by atoms with Crippen molar-refractivity contribution in [2.45, 2.75) is 13.0 Å². The maximum Gasteiger partial charge on any atom is 0.337 e. The molecule has 3 rings (SSSR count). The number of nitrogens with zero attached hydrogens (tertiary/aromatic N) is 1. The Hall–Kier alpha value is -3.04. The third kappa shape index (κ3) is 4.06. The Morgan fingerprint density at radius 1 is 1.28 bits per heavy atom. The van der Waals surface area contributed by atoms with E-state index in [2.05, 4.69) is 4.74 Å². The van der Waals surface area contributed by atoms with Crippen LogP contribution in [0, 0.1) is 0 Å². The van der Waals surface area contributed by atoms with Gasteiger partial charge in [0, 0.05) is 11.6 Å². The van der Waals surface area contributed by atoms with Gasteiger partial charge in [-0.2, -0.15) is 0 Å². The summed E-state index contributed by atoms with van der Waals surface area (Å²) in [7, 11) is 1.17. The van der Waals surface area contributed by atoms with Crippen LogP contribution in [0.1, 0.15) is 23.0 Å². The minimum absolute atomic E-state index is 0.0319. The van der Waals surface area contributed by atoms with Crippen molar-refractivity contribution in [3.05, 3.63) is 51.6 Å².